The van der Waals surface area contributed by atoms with Gasteiger partial charge in [-0.05, 0) is 12.8 Å². The van der Waals surface area contributed by atoms with Crippen LogP contribution in [-0.4, -0.2) is 79.3 Å². The Bertz CT molecular complexity index is 287. The molecular formula is C26H54O6. The van der Waals surface area contributed by atoms with Gasteiger partial charge >= 0.3 is 0 Å². The first kappa shape index (κ1) is 31.8. The Balaban J connectivity index is 2.98. The lowest BCUT2D eigenvalue weighted by molar-refractivity contribution is -0.0169. The maximum atomic E-state index is 5.61. The second-order valence-corrected chi connectivity index (χ2v) is 8.21. The average molecular weight is 463 g/mol. The lowest BCUT2D eigenvalue weighted by Gasteiger charge is -2.08. The zero-order valence-electron chi connectivity index (χ0n) is 21.4. The summed E-state index contributed by atoms with van der Waals surface area (Å²) in [6.45, 7) is 12.3. The first-order valence-electron chi connectivity index (χ1n) is 13.4. The minimum Gasteiger partial charge on any atom is -0.379 e. The van der Waals surface area contributed by atoms with Gasteiger partial charge in [-0.2, -0.15) is 0 Å². The first-order valence-corrected chi connectivity index (χ1v) is 13.4. The van der Waals surface area contributed by atoms with E-state index in [1.165, 1.54) is 64.2 Å². The van der Waals surface area contributed by atoms with E-state index in [9.17, 15) is 0 Å². The highest BCUT2D eigenvalue weighted by atomic mass is 16.6. The molecule has 0 amide bonds. The molecular weight excluding hydrogens is 408 g/mol. The minimum atomic E-state index is 0.582. The molecule has 0 aromatic heterocycles. The quantitative estimate of drug-likeness (QED) is 0.131. The number of unbranched alkanes of at least 4 members (excludes halogenated alkanes) is 10. The third-order valence-corrected chi connectivity index (χ3v) is 5.14. The van der Waals surface area contributed by atoms with Crippen LogP contribution in [-0.2, 0) is 28.4 Å². The molecule has 0 unspecified atom stereocenters. The molecule has 0 aromatic rings. The van der Waals surface area contributed by atoms with Crippen molar-refractivity contribution < 1.29 is 28.4 Å². The van der Waals surface area contributed by atoms with Gasteiger partial charge in [-0.1, -0.05) is 78.1 Å². The van der Waals surface area contributed by atoms with Crippen molar-refractivity contribution in [3.05, 3.63) is 0 Å². The van der Waals surface area contributed by atoms with E-state index in [0.717, 1.165) is 26.1 Å². The minimum absolute atomic E-state index is 0.582. The molecule has 0 radical (unpaired) electrons. The van der Waals surface area contributed by atoms with Crippen LogP contribution in [0.25, 0.3) is 0 Å². The molecule has 0 aliphatic rings. The van der Waals surface area contributed by atoms with Gasteiger partial charge in [0.05, 0.1) is 66.1 Å². The molecule has 0 aromatic carbocycles. The predicted octanol–water partition coefficient (Wildman–Crippen LogP) is 5.81. The molecule has 0 aliphatic carbocycles. The third kappa shape index (κ3) is 29.8. The molecule has 32 heavy (non-hydrogen) atoms. The maximum absolute atomic E-state index is 5.61. The molecule has 0 atom stereocenters. The van der Waals surface area contributed by atoms with Crippen molar-refractivity contribution in [3.8, 4) is 0 Å². The summed E-state index contributed by atoms with van der Waals surface area (Å²) in [5, 5.41) is 0. The Morgan fingerprint density at radius 2 is 0.469 bits per heavy atom. The van der Waals surface area contributed by atoms with Crippen molar-refractivity contribution in [1.82, 2.24) is 0 Å². The first-order chi connectivity index (χ1) is 15.9. The Hall–Kier alpha value is -0.240. The summed E-state index contributed by atoms with van der Waals surface area (Å²) in [6, 6.07) is 0. The molecule has 0 N–H and O–H groups in total. The van der Waals surface area contributed by atoms with Gasteiger partial charge in [0.25, 0.3) is 0 Å². The van der Waals surface area contributed by atoms with Crippen LogP contribution in [0.4, 0.5) is 0 Å². The van der Waals surface area contributed by atoms with Crippen LogP contribution in [0, 0.1) is 0 Å². The molecule has 0 fully saturated rings. The van der Waals surface area contributed by atoms with E-state index in [0.29, 0.717) is 66.1 Å². The average Bonchev–Trinajstić information content (AvgIpc) is 2.81. The molecule has 0 bridgehead atoms. The number of hydrogen-bond donors (Lipinski definition) is 0. The van der Waals surface area contributed by atoms with Crippen molar-refractivity contribution in [2.24, 2.45) is 0 Å². The molecule has 0 heterocycles. The fraction of sp³-hybridized carbons (Fsp3) is 1.00. The number of ether oxygens (including phenoxy) is 6. The summed E-state index contributed by atoms with van der Waals surface area (Å²) in [5.74, 6) is 0. The summed E-state index contributed by atoms with van der Waals surface area (Å²) in [6.07, 6.45) is 15.6. The van der Waals surface area contributed by atoms with Crippen molar-refractivity contribution >= 4 is 0 Å². The van der Waals surface area contributed by atoms with Crippen LogP contribution >= 0.6 is 0 Å². The van der Waals surface area contributed by atoms with Crippen LogP contribution < -0.4 is 0 Å². The van der Waals surface area contributed by atoms with Gasteiger partial charge in [-0.3, -0.25) is 0 Å². The van der Waals surface area contributed by atoms with Gasteiger partial charge < -0.3 is 28.4 Å². The SMILES string of the molecule is CCCCCCCCCCOCCOCCOCCOCCOCCOCCCCCC. The summed E-state index contributed by atoms with van der Waals surface area (Å²) >= 11 is 0. The van der Waals surface area contributed by atoms with E-state index in [-0.39, 0.29) is 0 Å². The lowest BCUT2D eigenvalue weighted by Crippen LogP contribution is -2.14. The zero-order valence-corrected chi connectivity index (χ0v) is 21.4. The molecule has 194 valence electrons. The molecule has 0 saturated heterocycles. The van der Waals surface area contributed by atoms with E-state index >= 15 is 0 Å². The van der Waals surface area contributed by atoms with E-state index in [1.807, 2.05) is 0 Å². The second-order valence-electron chi connectivity index (χ2n) is 8.21. The third-order valence-electron chi connectivity index (χ3n) is 5.14. The Morgan fingerprint density at radius 3 is 0.781 bits per heavy atom. The summed E-state index contributed by atoms with van der Waals surface area (Å²) < 4.78 is 33.1. The molecule has 0 rings (SSSR count). The van der Waals surface area contributed by atoms with E-state index < -0.39 is 0 Å². The molecule has 6 heteroatoms. The monoisotopic (exact) mass is 462 g/mol. The van der Waals surface area contributed by atoms with Crippen LogP contribution in [0.1, 0.15) is 90.9 Å². The highest BCUT2D eigenvalue weighted by molar-refractivity contribution is 4.46. The molecule has 0 spiro atoms. The fourth-order valence-corrected chi connectivity index (χ4v) is 3.17. The maximum Gasteiger partial charge on any atom is 0.0701 e. The summed E-state index contributed by atoms with van der Waals surface area (Å²) in [7, 11) is 0. The lowest BCUT2D eigenvalue weighted by atomic mass is 10.1. The Kier molecular flexibility index (Phi) is 30.5. The topological polar surface area (TPSA) is 55.4 Å². The van der Waals surface area contributed by atoms with Crippen LogP contribution in [0.3, 0.4) is 0 Å². The van der Waals surface area contributed by atoms with Gasteiger partial charge in [0.2, 0.25) is 0 Å². The summed E-state index contributed by atoms with van der Waals surface area (Å²) in [4.78, 5) is 0. The molecule has 0 saturated carbocycles. The number of hydrogen-bond acceptors (Lipinski definition) is 6. The smallest absolute Gasteiger partial charge is 0.0701 e. The Labute approximate surface area is 199 Å². The largest absolute Gasteiger partial charge is 0.379 e. The highest BCUT2D eigenvalue weighted by Crippen LogP contribution is 2.08. The summed E-state index contributed by atoms with van der Waals surface area (Å²) in [5.41, 5.74) is 0. The van der Waals surface area contributed by atoms with E-state index in [2.05, 4.69) is 13.8 Å². The normalized spacial score (nSPS) is 11.4. The zero-order chi connectivity index (χ0) is 23.2. The van der Waals surface area contributed by atoms with Gasteiger partial charge in [-0.25, -0.2) is 0 Å². The van der Waals surface area contributed by atoms with E-state index in [4.69, 9.17) is 28.4 Å². The number of rotatable bonds is 29. The fourth-order valence-electron chi connectivity index (χ4n) is 3.17. The Morgan fingerprint density at radius 1 is 0.250 bits per heavy atom. The predicted molar refractivity (Wildman–Crippen MR) is 132 cm³/mol. The van der Waals surface area contributed by atoms with Crippen molar-refractivity contribution in [1.29, 1.82) is 0 Å². The van der Waals surface area contributed by atoms with Crippen molar-refractivity contribution in [3.63, 3.8) is 0 Å². The van der Waals surface area contributed by atoms with Gasteiger partial charge in [-0.15, -0.1) is 0 Å². The molecule has 0 aliphatic heterocycles. The van der Waals surface area contributed by atoms with E-state index in [1.54, 1.807) is 0 Å². The van der Waals surface area contributed by atoms with Crippen molar-refractivity contribution in [2.45, 2.75) is 90.9 Å². The van der Waals surface area contributed by atoms with Crippen LogP contribution in [0.15, 0.2) is 0 Å². The second kappa shape index (κ2) is 30.8. The molecule has 6 nitrogen and oxygen atoms in total. The van der Waals surface area contributed by atoms with Gasteiger partial charge in [0, 0.05) is 13.2 Å². The highest BCUT2D eigenvalue weighted by Gasteiger charge is 1.95. The van der Waals surface area contributed by atoms with Gasteiger partial charge in [0.1, 0.15) is 0 Å². The van der Waals surface area contributed by atoms with Crippen LogP contribution in [0.5, 0.6) is 0 Å². The van der Waals surface area contributed by atoms with Crippen LogP contribution in [0.2, 0.25) is 0 Å². The van der Waals surface area contributed by atoms with Crippen molar-refractivity contribution in [2.75, 3.05) is 79.3 Å². The standard InChI is InChI=1S/C26H54O6/c1-3-5-7-9-10-11-12-14-16-28-18-20-30-22-24-32-26-25-31-23-21-29-19-17-27-15-13-8-6-4-2/h3-26H2,1-2H3. The van der Waals surface area contributed by atoms with Gasteiger partial charge in [0.15, 0.2) is 0 Å².